The Morgan fingerprint density at radius 1 is 1.20 bits per heavy atom. The second-order valence-corrected chi connectivity index (χ2v) is 8.41. The largest absolute Gasteiger partial charge is 0.325 e. The van der Waals surface area contributed by atoms with Crippen LogP contribution < -0.4 is 5.32 Å². The molecular formula is C20H22N2OS2. The number of carbonyl (C=O) groups is 1. The molecule has 3 nitrogen and oxygen atoms in total. The van der Waals surface area contributed by atoms with Gasteiger partial charge in [0.2, 0.25) is 5.91 Å². The fourth-order valence-corrected chi connectivity index (χ4v) is 4.58. The SMILES string of the molecule is Cc1cccc(C(C)C)c1NC(=O)CSCc1nc2ccccc2s1. The summed E-state index contributed by atoms with van der Waals surface area (Å²) in [5.41, 5.74) is 4.29. The molecule has 130 valence electrons. The number of amides is 1. The third-order valence-corrected chi connectivity index (χ3v) is 6.15. The first-order valence-electron chi connectivity index (χ1n) is 8.36. The first-order chi connectivity index (χ1) is 12.0. The van der Waals surface area contributed by atoms with Crippen molar-refractivity contribution < 1.29 is 4.79 Å². The Kier molecular flexibility index (Phi) is 5.76. The molecule has 0 unspecified atom stereocenters. The van der Waals surface area contributed by atoms with E-state index < -0.39 is 0 Å². The summed E-state index contributed by atoms with van der Waals surface area (Å²) in [6, 6.07) is 14.3. The lowest BCUT2D eigenvalue weighted by molar-refractivity contribution is -0.113. The minimum Gasteiger partial charge on any atom is -0.325 e. The van der Waals surface area contributed by atoms with Gasteiger partial charge in [-0.25, -0.2) is 4.98 Å². The Hall–Kier alpha value is -1.85. The Bertz CT molecular complexity index is 853. The predicted molar refractivity (Wildman–Crippen MR) is 110 cm³/mol. The van der Waals surface area contributed by atoms with E-state index in [9.17, 15) is 4.79 Å². The monoisotopic (exact) mass is 370 g/mol. The van der Waals surface area contributed by atoms with Crippen LogP contribution in [0.1, 0.15) is 35.9 Å². The van der Waals surface area contributed by atoms with Crippen LogP contribution in [-0.4, -0.2) is 16.6 Å². The highest BCUT2D eigenvalue weighted by Crippen LogP contribution is 2.28. The summed E-state index contributed by atoms with van der Waals surface area (Å²) >= 11 is 3.30. The van der Waals surface area contributed by atoms with Crippen molar-refractivity contribution in [2.75, 3.05) is 11.1 Å². The quantitative estimate of drug-likeness (QED) is 0.614. The van der Waals surface area contributed by atoms with Gasteiger partial charge in [-0.15, -0.1) is 23.1 Å². The molecule has 1 N–H and O–H groups in total. The summed E-state index contributed by atoms with van der Waals surface area (Å²) < 4.78 is 1.20. The fourth-order valence-electron chi connectivity index (χ4n) is 2.73. The number of fused-ring (bicyclic) bond motifs is 1. The van der Waals surface area contributed by atoms with Gasteiger partial charge in [0, 0.05) is 11.4 Å². The molecule has 0 bridgehead atoms. The van der Waals surface area contributed by atoms with E-state index in [0.29, 0.717) is 11.7 Å². The topological polar surface area (TPSA) is 42.0 Å². The number of nitrogens with one attached hydrogen (secondary N) is 1. The smallest absolute Gasteiger partial charge is 0.234 e. The average Bonchev–Trinajstić information content (AvgIpc) is 2.99. The third kappa shape index (κ3) is 4.41. The lowest BCUT2D eigenvalue weighted by atomic mass is 9.98. The standard InChI is InChI=1S/C20H22N2OS2/c1-13(2)15-8-6-7-14(3)20(15)22-18(23)11-24-12-19-21-16-9-4-5-10-17(16)25-19/h4-10,13H,11-12H2,1-3H3,(H,22,23). The number of para-hydroxylation sites is 2. The maximum absolute atomic E-state index is 12.4. The molecule has 3 rings (SSSR count). The van der Waals surface area contributed by atoms with E-state index in [2.05, 4.69) is 36.3 Å². The minimum absolute atomic E-state index is 0.0438. The maximum Gasteiger partial charge on any atom is 0.234 e. The van der Waals surface area contributed by atoms with Gasteiger partial charge < -0.3 is 5.32 Å². The van der Waals surface area contributed by atoms with Crippen LogP contribution in [0.2, 0.25) is 0 Å². The van der Waals surface area contributed by atoms with Crippen LogP contribution in [0, 0.1) is 6.92 Å². The van der Waals surface area contributed by atoms with Gasteiger partial charge in [-0.1, -0.05) is 44.2 Å². The zero-order valence-electron chi connectivity index (χ0n) is 14.7. The summed E-state index contributed by atoms with van der Waals surface area (Å²) in [6.45, 7) is 6.33. The van der Waals surface area contributed by atoms with E-state index in [4.69, 9.17) is 0 Å². The van der Waals surface area contributed by atoms with Crippen molar-refractivity contribution in [1.82, 2.24) is 4.98 Å². The molecule has 3 aromatic rings. The molecular weight excluding hydrogens is 348 g/mol. The van der Waals surface area contributed by atoms with Gasteiger partial charge in [0.15, 0.2) is 0 Å². The summed E-state index contributed by atoms with van der Waals surface area (Å²) in [6.07, 6.45) is 0. The van der Waals surface area contributed by atoms with E-state index in [1.54, 1.807) is 23.1 Å². The molecule has 0 spiro atoms. The normalized spacial score (nSPS) is 11.2. The van der Waals surface area contributed by atoms with Crippen LogP contribution >= 0.6 is 23.1 Å². The van der Waals surface area contributed by atoms with Gasteiger partial charge >= 0.3 is 0 Å². The van der Waals surface area contributed by atoms with Gasteiger partial charge in [0.1, 0.15) is 5.01 Å². The molecule has 25 heavy (non-hydrogen) atoms. The van der Waals surface area contributed by atoms with Crippen molar-refractivity contribution in [3.05, 3.63) is 58.6 Å². The predicted octanol–water partition coefficient (Wildman–Crippen LogP) is 5.60. The van der Waals surface area contributed by atoms with E-state index in [0.717, 1.165) is 27.5 Å². The highest BCUT2D eigenvalue weighted by Gasteiger charge is 2.12. The number of thioether (sulfide) groups is 1. The molecule has 1 aromatic heterocycles. The number of hydrogen-bond donors (Lipinski definition) is 1. The van der Waals surface area contributed by atoms with Crippen LogP contribution in [-0.2, 0) is 10.5 Å². The van der Waals surface area contributed by atoms with Crippen molar-refractivity contribution >= 4 is 44.9 Å². The van der Waals surface area contributed by atoms with Crippen LogP contribution in [0.25, 0.3) is 10.2 Å². The molecule has 1 heterocycles. The molecule has 0 saturated carbocycles. The van der Waals surface area contributed by atoms with Gasteiger partial charge in [0.05, 0.1) is 16.0 Å². The van der Waals surface area contributed by atoms with Crippen molar-refractivity contribution in [3.8, 4) is 0 Å². The number of anilines is 1. The van der Waals surface area contributed by atoms with E-state index in [1.807, 2.05) is 37.3 Å². The number of hydrogen-bond acceptors (Lipinski definition) is 4. The second kappa shape index (κ2) is 8.02. The van der Waals surface area contributed by atoms with Gasteiger partial charge in [-0.05, 0) is 36.1 Å². The molecule has 0 saturated heterocycles. The molecule has 0 aliphatic rings. The number of thiazole rings is 1. The molecule has 0 atom stereocenters. The number of aryl methyl sites for hydroxylation is 1. The Labute approximate surface area is 156 Å². The van der Waals surface area contributed by atoms with Crippen LogP contribution in [0.15, 0.2) is 42.5 Å². The van der Waals surface area contributed by atoms with Crippen LogP contribution in [0.3, 0.4) is 0 Å². The van der Waals surface area contributed by atoms with E-state index >= 15 is 0 Å². The van der Waals surface area contributed by atoms with Crippen molar-refractivity contribution in [2.45, 2.75) is 32.4 Å². The number of carbonyl (C=O) groups excluding carboxylic acids is 1. The second-order valence-electron chi connectivity index (χ2n) is 6.31. The lowest BCUT2D eigenvalue weighted by Crippen LogP contribution is -2.16. The maximum atomic E-state index is 12.4. The number of benzene rings is 2. The van der Waals surface area contributed by atoms with Crippen LogP contribution in [0.5, 0.6) is 0 Å². The fraction of sp³-hybridized carbons (Fsp3) is 0.300. The molecule has 1 amide bonds. The van der Waals surface area contributed by atoms with Gasteiger partial charge in [-0.3, -0.25) is 4.79 Å². The highest BCUT2D eigenvalue weighted by molar-refractivity contribution is 7.99. The van der Waals surface area contributed by atoms with Crippen LogP contribution in [0.4, 0.5) is 5.69 Å². The summed E-state index contributed by atoms with van der Waals surface area (Å²) in [4.78, 5) is 17.0. The summed E-state index contributed by atoms with van der Waals surface area (Å²) in [7, 11) is 0. The molecule has 0 fully saturated rings. The first-order valence-corrected chi connectivity index (χ1v) is 10.3. The zero-order chi connectivity index (χ0) is 17.8. The molecule has 2 aromatic carbocycles. The van der Waals surface area contributed by atoms with Gasteiger partial charge in [0.25, 0.3) is 0 Å². The Morgan fingerprint density at radius 2 is 2.00 bits per heavy atom. The van der Waals surface area contributed by atoms with E-state index in [-0.39, 0.29) is 5.91 Å². The Balaban J connectivity index is 1.58. The van der Waals surface area contributed by atoms with E-state index in [1.165, 1.54) is 10.3 Å². The lowest BCUT2D eigenvalue weighted by Gasteiger charge is -2.16. The minimum atomic E-state index is 0.0438. The zero-order valence-corrected chi connectivity index (χ0v) is 16.3. The van der Waals surface area contributed by atoms with Gasteiger partial charge in [-0.2, -0.15) is 0 Å². The molecule has 0 aliphatic heterocycles. The molecule has 0 aliphatic carbocycles. The van der Waals surface area contributed by atoms with Crippen molar-refractivity contribution in [3.63, 3.8) is 0 Å². The summed E-state index contributed by atoms with van der Waals surface area (Å²) in [5.74, 6) is 1.62. The van der Waals surface area contributed by atoms with Crippen molar-refractivity contribution in [1.29, 1.82) is 0 Å². The third-order valence-electron chi connectivity index (χ3n) is 3.99. The number of nitrogens with zero attached hydrogens (tertiary/aromatic N) is 1. The molecule has 0 radical (unpaired) electrons. The summed E-state index contributed by atoms with van der Waals surface area (Å²) in [5, 5.41) is 4.16. The average molecular weight is 371 g/mol. The molecule has 5 heteroatoms. The Morgan fingerprint density at radius 3 is 2.76 bits per heavy atom. The number of rotatable bonds is 6. The highest BCUT2D eigenvalue weighted by atomic mass is 32.2. The first kappa shape index (κ1) is 18.0. The number of aromatic nitrogens is 1. The van der Waals surface area contributed by atoms with Crippen molar-refractivity contribution in [2.24, 2.45) is 0 Å².